The first-order valence-corrected chi connectivity index (χ1v) is 7.45. The fourth-order valence-electron chi connectivity index (χ4n) is 2.64. The highest BCUT2D eigenvalue weighted by Crippen LogP contribution is 2.20. The second kappa shape index (κ2) is 7.10. The van der Waals surface area contributed by atoms with Crippen LogP contribution in [0.2, 0.25) is 0 Å². The van der Waals surface area contributed by atoms with Gasteiger partial charge in [0.05, 0.1) is 6.61 Å². The zero-order chi connectivity index (χ0) is 12.8. The SMILES string of the molecule is CCOC(=O)C1CCCCN1CCCNC1CC1. The van der Waals surface area contributed by atoms with Crippen LogP contribution in [0.1, 0.15) is 45.4 Å². The minimum atomic E-state index is -0.0210. The van der Waals surface area contributed by atoms with E-state index < -0.39 is 0 Å². The molecule has 0 amide bonds. The zero-order valence-electron chi connectivity index (χ0n) is 11.5. The van der Waals surface area contributed by atoms with Crippen LogP contribution in [0, 0.1) is 0 Å². The van der Waals surface area contributed by atoms with Crippen LogP contribution in [0.25, 0.3) is 0 Å². The highest BCUT2D eigenvalue weighted by atomic mass is 16.5. The van der Waals surface area contributed by atoms with Gasteiger partial charge < -0.3 is 10.1 Å². The van der Waals surface area contributed by atoms with Gasteiger partial charge in [0, 0.05) is 12.6 Å². The average molecular weight is 254 g/mol. The molecule has 2 fully saturated rings. The number of carbonyl (C=O) groups is 1. The van der Waals surface area contributed by atoms with Crippen molar-refractivity contribution in [2.75, 3.05) is 26.2 Å². The van der Waals surface area contributed by atoms with Gasteiger partial charge in [0.2, 0.25) is 0 Å². The number of likely N-dealkylation sites (tertiary alicyclic amines) is 1. The summed E-state index contributed by atoms with van der Waals surface area (Å²) in [4.78, 5) is 14.2. The molecule has 1 heterocycles. The first kappa shape index (κ1) is 13.8. The minimum absolute atomic E-state index is 0.0135. The van der Waals surface area contributed by atoms with Gasteiger partial charge in [-0.2, -0.15) is 0 Å². The van der Waals surface area contributed by atoms with Gasteiger partial charge in [0.1, 0.15) is 6.04 Å². The standard InChI is InChI=1S/C14H26N2O2/c1-2-18-14(17)13-6-3-4-10-16(13)11-5-9-15-12-7-8-12/h12-13,15H,2-11H2,1H3. The second-order valence-electron chi connectivity index (χ2n) is 5.38. The quantitative estimate of drug-likeness (QED) is 0.553. The van der Waals surface area contributed by atoms with Crippen molar-refractivity contribution in [3.8, 4) is 0 Å². The third kappa shape index (κ3) is 4.25. The molecule has 18 heavy (non-hydrogen) atoms. The molecule has 104 valence electrons. The van der Waals surface area contributed by atoms with Crippen molar-refractivity contribution >= 4 is 5.97 Å². The molecule has 0 radical (unpaired) electrons. The summed E-state index contributed by atoms with van der Waals surface area (Å²) in [7, 11) is 0. The van der Waals surface area contributed by atoms with E-state index in [2.05, 4.69) is 10.2 Å². The largest absolute Gasteiger partial charge is 0.465 e. The van der Waals surface area contributed by atoms with Crippen molar-refractivity contribution in [3.05, 3.63) is 0 Å². The molecule has 2 aliphatic rings. The summed E-state index contributed by atoms with van der Waals surface area (Å²) in [6, 6.07) is 0.798. The molecule has 1 unspecified atom stereocenters. The van der Waals surface area contributed by atoms with Gasteiger partial charge in [-0.3, -0.25) is 9.69 Å². The molecule has 4 heteroatoms. The molecular weight excluding hydrogens is 228 g/mol. The van der Waals surface area contributed by atoms with Gasteiger partial charge in [-0.15, -0.1) is 0 Å². The number of hydrogen-bond donors (Lipinski definition) is 1. The average Bonchev–Trinajstić information content (AvgIpc) is 3.19. The van der Waals surface area contributed by atoms with Crippen molar-refractivity contribution in [3.63, 3.8) is 0 Å². The number of carbonyl (C=O) groups excluding carboxylic acids is 1. The van der Waals surface area contributed by atoms with E-state index >= 15 is 0 Å². The Morgan fingerprint density at radius 1 is 1.33 bits per heavy atom. The van der Waals surface area contributed by atoms with Gasteiger partial charge in [-0.25, -0.2) is 0 Å². The molecule has 1 atom stereocenters. The summed E-state index contributed by atoms with van der Waals surface area (Å²) in [5.74, 6) is -0.0210. The summed E-state index contributed by atoms with van der Waals surface area (Å²) in [6.45, 7) is 5.52. The third-order valence-corrected chi connectivity index (χ3v) is 3.80. The highest BCUT2D eigenvalue weighted by Gasteiger charge is 2.29. The molecule has 1 N–H and O–H groups in total. The van der Waals surface area contributed by atoms with Gasteiger partial charge in [-0.1, -0.05) is 6.42 Å². The number of nitrogens with zero attached hydrogens (tertiary/aromatic N) is 1. The molecule has 1 saturated carbocycles. The van der Waals surface area contributed by atoms with Crippen LogP contribution in [-0.4, -0.2) is 49.2 Å². The monoisotopic (exact) mass is 254 g/mol. The Morgan fingerprint density at radius 2 is 2.17 bits per heavy atom. The Morgan fingerprint density at radius 3 is 2.89 bits per heavy atom. The van der Waals surface area contributed by atoms with Crippen LogP contribution in [0.4, 0.5) is 0 Å². The number of piperidine rings is 1. The number of esters is 1. The van der Waals surface area contributed by atoms with E-state index in [-0.39, 0.29) is 12.0 Å². The number of ether oxygens (including phenoxy) is 1. The number of nitrogens with one attached hydrogen (secondary N) is 1. The zero-order valence-corrected chi connectivity index (χ0v) is 11.5. The van der Waals surface area contributed by atoms with Crippen LogP contribution < -0.4 is 5.32 Å². The lowest BCUT2D eigenvalue weighted by molar-refractivity contribution is -0.150. The molecule has 0 spiro atoms. The lowest BCUT2D eigenvalue weighted by Crippen LogP contribution is -2.46. The van der Waals surface area contributed by atoms with E-state index in [1.54, 1.807) is 0 Å². The maximum atomic E-state index is 11.9. The predicted molar refractivity (Wildman–Crippen MR) is 71.5 cm³/mol. The van der Waals surface area contributed by atoms with Crippen LogP contribution in [0.5, 0.6) is 0 Å². The summed E-state index contributed by atoms with van der Waals surface area (Å²) in [6.07, 6.45) is 7.15. The fraction of sp³-hybridized carbons (Fsp3) is 0.929. The highest BCUT2D eigenvalue weighted by molar-refractivity contribution is 5.75. The minimum Gasteiger partial charge on any atom is -0.465 e. The second-order valence-corrected chi connectivity index (χ2v) is 5.38. The molecule has 1 aliphatic carbocycles. The van der Waals surface area contributed by atoms with Crippen LogP contribution >= 0.6 is 0 Å². The molecule has 0 aromatic rings. The van der Waals surface area contributed by atoms with Crippen LogP contribution in [-0.2, 0) is 9.53 Å². The van der Waals surface area contributed by atoms with E-state index in [0.29, 0.717) is 6.61 Å². The smallest absolute Gasteiger partial charge is 0.323 e. The molecule has 1 saturated heterocycles. The molecule has 0 aromatic heterocycles. The van der Waals surface area contributed by atoms with E-state index in [1.807, 2.05) is 6.92 Å². The fourth-order valence-corrected chi connectivity index (χ4v) is 2.64. The summed E-state index contributed by atoms with van der Waals surface area (Å²) >= 11 is 0. The maximum Gasteiger partial charge on any atom is 0.323 e. The topological polar surface area (TPSA) is 41.6 Å². The first-order valence-electron chi connectivity index (χ1n) is 7.45. The van der Waals surface area contributed by atoms with Gasteiger partial charge in [0.25, 0.3) is 0 Å². The Kier molecular flexibility index (Phi) is 5.45. The molecule has 1 aliphatic heterocycles. The lowest BCUT2D eigenvalue weighted by Gasteiger charge is -2.33. The van der Waals surface area contributed by atoms with E-state index in [4.69, 9.17) is 4.74 Å². The Hall–Kier alpha value is -0.610. The van der Waals surface area contributed by atoms with Crippen molar-refractivity contribution in [1.82, 2.24) is 10.2 Å². The first-order chi connectivity index (χ1) is 8.81. The summed E-state index contributed by atoms with van der Waals surface area (Å²) < 4.78 is 5.17. The molecule has 0 bridgehead atoms. The Balaban J connectivity index is 1.69. The van der Waals surface area contributed by atoms with Crippen molar-refractivity contribution in [1.29, 1.82) is 0 Å². The third-order valence-electron chi connectivity index (χ3n) is 3.80. The van der Waals surface area contributed by atoms with E-state index in [1.165, 1.54) is 19.3 Å². The summed E-state index contributed by atoms with van der Waals surface area (Å²) in [5.41, 5.74) is 0. The van der Waals surface area contributed by atoms with Crippen LogP contribution in [0.3, 0.4) is 0 Å². The van der Waals surface area contributed by atoms with Crippen molar-refractivity contribution in [2.24, 2.45) is 0 Å². The van der Waals surface area contributed by atoms with E-state index in [0.717, 1.165) is 44.9 Å². The molecule has 4 nitrogen and oxygen atoms in total. The van der Waals surface area contributed by atoms with Crippen LogP contribution in [0.15, 0.2) is 0 Å². The molecule has 0 aromatic carbocycles. The number of rotatable bonds is 7. The molecular formula is C14H26N2O2. The maximum absolute atomic E-state index is 11.9. The summed E-state index contributed by atoms with van der Waals surface area (Å²) in [5, 5.41) is 3.52. The Labute approximate surface area is 110 Å². The van der Waals surface area contributed by atoms with Crippen molar-refractivity contribution in [2.45, 2.75) is 57.5 Å². The lowest BCUT2D eigenvalue weighted by atomic mass is 10.0. The van der Waals surface area contributed by atoms with Gasteiger partial charge in [0.15, 0.2) is 0 Å². The van der Waals surface area contributed by atoms with Crippen molar-refractivity contribution < 1.29 is 9.53 Å². The van der Waals surface area contributed by atoms with Gasteiger partial charge >= 0.3 is 5.97 Å². The van der Waals surface area contributed by atoms with Gasteiger partial charge in [-0.05, 0) is 52.1 Å². The molecule has 2 rings (SSSR count). The Bertz CT molecular complexity index is 267. The number of hydrogen-bond acceptors (Lipinski definition) is 4. The normalized spacial score (nSPS) is 25.1. The van der Waals surface area contributed by atoms with E-state index in [9.17, 15) is 4.79 Å². The predicted octanol–water partition coefficient (Wildman–Crippen LogP) is 1.55.